The Labute approximate surface area is 151 Å². The average molecular weight is 369 g/mol. The minimum atomic E-state index is -2.84. The van der Waals surface area contributed by atoms with Crippen LogP contribution in [0.3, 0.4) is 0 Å². The molecule has 134 valence electrons. The van der Waals surface area contributed by atoms with Crippen molar-refractivity contribution >= 4 is 18.3 Å². The van der Waals surface area contributed by atoms with E-state index in [9.17, 15) is 13.6 Å². The van der Waals surface area contributed by atoms with Crippen LogP contribution in [0.5, 0.6) is 5.75 Å². The van der Waals surface area contributed by atoms with E-state index < -0.39 is 6.61 Å². The van der Waals surface area contributed by atoms with Crippen LogP contribution >= 0.6 is 12.4 Å². The zero-order chi connectivity index (χ0) is 17.1. The number of carbonyl (C=O) groups excluding carboxylic acids is 1. The molecule has 7 heteroatoms. The molecule has 0 bridgehead atoms. The first-order valence-corrected chi connectivity index (χ1v) is 7.64. The van der Waals surface area contributed by atoms with Gasteiger partial charge in [0.05, 0.1) is 0 Å². The third-order valence-electron chi connectivity index (χ3n) is 4.00. The van der Waals surface area contributed by atoms with E-state index in [4.69, 9.17) is 0 Å². The van der Waals surface area contributed by atoms with Gasteiger partial charge >= 0.3 is 6.61 Å². The van der Waals surface area contributed by atoms with Gasteiger partial charge in [-0.2, -0.15) is 8.78 Å². The Morgan fingerprint density at radius 2 is 1.84 bits per heavy atom. The molecule has 1 amide bonds. The van der Waals surface area contributed by atoms with Crippen LogP contribution in [0.1, 0.15) is 27.0 Å². The average Bonchev–Trinajstić information content (AvgIpc) is 3.03. The minimum Gasteiger partial charge on any atom is -0.435 e. The maximum absolute atomic E-state index is 12.5. The summed E-state index contributed by atoms with van der Waals surface area (Å²) in [4.78, 5) is 14.1. The van der Waals surface area contributed by atoms with Crippen molar-refractivity contribution in [2.75, 3.05) is 7.05 Å². The normalized spacial score (nSPS) is 12.5. The standard InChI is InChI=1S/C18H18F2N2O2.ClH/c1-22(11-12-2-6-16(7-3-12)24-18(19)20)17(23)13-4-5-14-9-21-10-15(14)8-13;/h2-8,18,21H,9-11H2,1H3;1H. The first-order chi connectivity index (χ1) is 11.5. The molecular weight excluding hydrogens is 350 g/mol. The van der Waals surface area contributed by atoms with Crippen molar-refractivity contribution in [3.05, 3.63) is 64.7 Å². The van der Waals surface area contributed by atoms with E-state index in [-0.39, 0.29) is 24.1 Å². The number of alkyl halides is 2. The summed E-state index contributed by atoms with van der Waals surface area (Å²) < 4.78 is 28.6. The van der Waals surface area contributed by atoms with Crippen LogP contribution in [0, 0.1) is 0 Å². The van der Waals surface area contributed by atoms with Gasteiger partial charge < -0.3 is 15.0 Å². The molecule has 1 aliphatic rings. The molecule has 0 aliphatic carbocycles. The number of benzene rings is 2. The summed E-state index contributed by atoms with van der Waals surface area (Å²) in [5.74, 6) is 0.0338. The predicted octanol–water partition coefficient (Wildman–Crippen LogP) is 3.59. The maximum Gasteiger partial charge on any atom is 0.387 e. The van der Waals surface area contributed by atoms with E-state index >= 15 is 0 Å². The van der Waals surface area contributed by atoms with Crippen molar-refractivity contribution in [2.24, 2.45) is 0 Å². The third-order valence-corrected chi connectivity index (χ3v) is 4.00. The number of ether oxygens (including phenoxy) is 1. The van der Waals surface area contributed by atoms with Crippen LogP contribution in [0.4, 0.5) is 8.78 Å². The van der Waals surface area contributed by atoms with Crippen LogP contribution in [0.25, 0.3) is 0 Å². The topological polar surface area (TPSA) is 41.6 Å². The molecule has 25 heavy (non-hydrogen) atoms. The highest BCUT2D eigenvalue weighted by Gasteiger charge is 2.16. The minimum absolute atomic E-state index is 0. The highest BCUT2D eigenvalue weighted by atomic mass is 35.5. The lowest BCUT2D eigenvalue weighted by molar-refractivity contribution is -0.0498. The molecule has 0 unspecified atom stereocenters. The molecule has 2 aromatic rings. The lowest BCUT2D eigenvalue weighted by Gasteiger charge is -2.18. The van der Waals surface area contributed by atoms with Crippen molar-refractivity contribution in [2.45, 2.75) is 26.2 Å². The molecular formula is C18H19ClF2N2O2. The van der Waals surface area contributed by atoms with E-state index in [0.29, 0.717) is 12.1 Å². The fourth-order valence-electron chi connectivity index (χ4n) is 2.77. The van der Waals surface area contributed by atoms with Gasteiger partial charge in [-0.3, -0.25) is 4.79 Å². The number of carbonyl (C=O) groups is 1. The van der Waals surface area contributed by atoms with Crippen molar-refractivity contribution in [3.8, 4) is 5.75 Å². The molecule has 2 aromatic carbocycles. The van der Waals surface area contributed by atoms with Gasteiger partial charge in [-0.25, -0.2) is 0 Å². The molecule has 0 spiro atoms. The number of hydrogen-bond donors (Lipinski definition) is 1. The second kappa shape index (κ2) is 8.27. The SMILES string of the molecule is CN(Cc1ccc(OC(F)F)cc1)C(=O)c1ccc2c(c1)CNC2.Cl. The number of nitrogens with one attached hydrogen (secondary N) is 1. The number of rotatable bonds is 5. The van der Waals surface area contributed by atoms with Gasteiger partial charge in [0.15, 0.2) is 0 Å². The molecule has 0 fully saturated rings. The van der Waals surface area contributed by atoms with E-state index in [1.54, 1.807) is 24.1 Å². The molecule has 3 rings (SSSR count). The summed E-state index contributed by atoms with van der Waals surface area (Å²) in [7, 11) is 1.72. The van der Waals surface area contributed by atoms with Crippen LogP contribution in [0.15, 0.2) is 42.5 Å². The van der Waals surface area contributed by atoms with Gasteiger partial charge in [-0.05, 0) is 41.0 Å². The van der Waals surface area contributed by atoms with Crippen LogP contribution in [-0.4, -0.2) is 24.5 Å². The smallest absolute Gasteiger partial charge is 0.387 e. The number of nitrogens with zero attached hydrogens (tertiary/aromatic N) is 1. The molecule has 1 heterocycles. The number of halogens is 3. The first-order valence-electron chi connectivity index (χ1n) is 7.64. The number of hydrogen-bond acceptors (Lipinski definition) is 3. The Balaban J connectivity index is 0.00000225. The summed E-state index contributed by atoms with van der Waals surface area (Å²) in [5.41, 5.74) is 3.87. The van der Waals surface area contributed by atoms with Gasteiger partial charge in [-0.15, -0.1) is 12.4 Å². The molecule has 0 saturated carbocycles. The highest BCUT2D eigenvalue weighted by molar-refractivity contribution is 5.94. The largest absolute Gasteiger partial charge is 0.435 e. The Morgan fingerprint density at radius 1 is 1.16 bits per heavy atom. The predicted molar refractivity (Wildman–Crippen MR) is 93.1 cm³/mol. The van der Waals surface area contributed by atoms with Crippen molar-refractivity contribution in [1.29, 1.82) is 0 Å². The van der Waals surface area contributed by atoms with Crippen LogP contribution in [-0.2, 0) is 19.6 Å². The molecule has 0 atom stereocenters. The van der Waals surface area contributed by atoms with Crippen LogP contribution < -0.4 is 10.1 Å². The first kappa shape index (κ1) is 19.1. The Bertz CT molecular complexity index is 738. The number of amides is 1. The van der Waals surface area contributed by atoms with Crippen molar-refractivity contribution < 1.29 is 18.3 Å². The summed E-state index contributed by atoms with van der Waals surface area (Å²) in [5, 5.41) is 3.25. The van der Waals surface area contributed by atoms with Crippen molar-refractivity contribution in [1.82, 2.24) is 10.2 Å². The van der Waals surface area contributed by atoms with E-state index in [0.717, 1.165) is 24.2 Å². The van der Waals surface area contributed by atoms with Gasteiger partial charge in [0.1, 0.15) is 5.75 Å². The lowest BCUT2D eigenvalue weighted by atomic mass is 10.1. The monoisotopic (exact) mass is 368 g/mol. The summed E-state index contributed by atoms with van der Waals surface area (Å²) in [6, 6.07) is 12.0. The fraction of sp³-hybridized carbons (Fsp3) is 0.278. The van der Waals surface area contributed by atoms with Crippen molar-refractivity contribution in [3.63, 3.8) is 0 Å². The van der Waals surface area contributed by atoms with E-state index in [1.807, 2.05) is 18.2 Å². The molecule has 0 aromatic heterocycles. The summed E-state index contributed by atoms with van der Waals surface area (Å²) >= 11 is 0. The molecule has 1 aliphatic heterocycles. The quantitative estimate of drug-likeness (QED) is 0.877. The Morgan fingerprint density at radius 3 is 2.52 bits per heavy atom. The fourth-order valence-corrected chi connectivity index (χ4v) is 2.77. The highest BCUT2D eigenvalue weighted by Crippen LogP contribution is 2.19. The second-order valence-electron chi connectivity index (χ2n) is 5.77. The maximum atomic E-state index is 12.5. The Kier molecular flexibility index (Phi) is 6.33. The third kappa shape index (κ3) is 4.67. The molecule has 0 radical (unpaired) electrons. The van der Waals surface area contributed by atoms with Crippen LogP contribution in [0.2, 0.25) is 0 Å². The molecule has 1 N–H and O–H groups in total. The van der Waals surface area contributed by atoms with E-state index in [1.165, 1.54) is 17.7 Å². The zero-order valence-corrected chi connectivity index (χ0v) is 14.5. The van der Waals surface area contributed by atoms with Gasteiger partial charge in [0.25, 0.3) is 5.91 Å². The number of fused-ring (bicyclic) bond motifs is 1. The van der Waals surface area contributed by atoms with Gasteiger partial charge in [-0.1, -0.05) is 18.2 Å². The zero-order valence-electron chi connectivity index (χ0n) is 13.7. The summed E-state index contributed by atoms with van der Waals surface area (Å²) in [6.45, 7) is -0.823. The second-order valence-corrected chi connectivity index (χ2v) is 5.77. The van der Waals surface area contributed by atoms with E-state index in [2.05, 4.69) is 10.1 Å². The Hall–Kier alpha value is -2.18. The lowest BCUT2D eigenvalue weighted by Crippen LogP contribution is -2.26. The molecule has 0 saturated heterocycles. The summed E-state index contributed by atoms with van der Waals surface area (Å²) in [6.07, 6.45) is 0. The van der Waals surface area contributed by atoms with Gasteiger partial charge in [0, 0.05) is 32.2 Å². The van der Waals surface area contributed by atoms with Gasteiger partial charge in [0.2, 0.25) is 0 Å². The molecule has 4 nitrogen and oxygen atoms in total.